The number of amides is 1. The van der Waals surface area contributed by atoms with Gasteiger partial charge in [-0.3, -0.25) is 9.59 Å². The van der Waals surface area contributed by atoms with Gasteiger partial charge < -0.3 is 15.0 Å². The summed E-state index contributed by atoms with van der Waals surface area (Å²) in [6.45, 7) is 2.71. The summed E-state index contributed by atoms with van der Waals surface area (Å²) in [5.41, 5.74) is 2.37. The van der Waals surface area contributed by atoms with E-state index in [1.807, 2.05) is 36.1 Å². The zero-order valence-electron chi connectivity index (χ0n) is 16.7. The molecule has 2 aliphatic rings. The summed E-state index contributed by atoms with van der Waals surface area (Å²) in [6, 6.07) is 9.05. The van der Waals surface area contributed by atoms with Crippen LogP contribution in [-0.4, -0.2) is 28.5 Å². The number of aromatic nitrogens is 1. The Morgan fingerprint density at radius 3 is 2.45 bits per heavy atom. The molecule has 0 atom stereocenters. The highest BCUT2D eigenvalue weighted by Gasteiger charge is 2.43. The third kappa shape index (κ3) is 3.59. The number of nitrogens with one attached hydrogen (secondary N) is 1. The lowest BCUT2D eigenvalue weighted by Gasteiger charge is -2.32. The highest BCUT2D eigenvalue weighted by Crippen LogP contribution is 2.45. The lowest BCUT2D eigenvalue weighted by Crippen LogP contribution is -2.29. The van der Waals surface area contributed by atoms with E-state index in [4.69, 9.17) is 0 Å². The Labute approximate surface area is 169 Å². The normalized spacial score (nSPS) is 18.4. The molecule has 2 N–H and O–H groups in total. The highest BCUT2D eigenvalue weighted by molar-refractivity contribution is 5.96. The summed E-state index contributed by atoms with van der Waals surface area (Å²) in [6.07, 6.45) is 7.18. The molecule has 1 aliphatic heterocycles. The molecule has 1 amide bonds. The maximum Gasteiger partial charge on any atom is 0.341 e. The number of H-pyrrole nitrogens is 1. The van der Waals surface area contributed by atoms with Gasteiger partial charge in [0.2, 0.25) is 5.91 Å². The maximum absolute atomic E-state index is 12.7. The van der Waals surface area contributed by atoms with Crippen LogP contribution in [0.3, 0.4) is 0 Å². The van der Waals surface area contributed by atoms with Gasteiger partial charge >= 0.3 is 5.97 Å². The number of aromatic carboxylic acids is 1. The van der Waals surface area contributed by atoms with Crippen molar-refractivity contribution >= 4 is 17.6 Å². The van der Waals surface area contributed by atoms with E-state index in [0.29, 0.717) is 18.5 Å². The predicted octanol–water partition coefficient (Wildman–Crippen LogP) is 3.99. The average molecular weight is 394 g/mol. The quantitative estimate of drug-likeness (QED) is 0.820. The smallest absolute Gasteiger partial charge is 0.341 e. The van der Waals surface area contributed by atoms with Crippen LogP contribution in [0.1, 0.15) is 61.4 Å². The van der Waals surface area contributed by atoms with Crippen LogP contribution in [0, 0.1) is 5.41 Å². The van der Waals surface area contributed by atoms with Crippen molar-refractivity contribution in [3.05, 3.63) is 51.8 Å². The number of carboxylic acid groups (broad SMARTS) is 1. The lowest BCUT2D eigenvalue weighted by molar-refractivity contribution is -0.118. The van der Waals surface area contributed by atoms with Crippen LogP contribution >= 0.6 is 0 Å². The first kappa shape index (κ1) is 19.4. The fourth-order valence-electron chi connectivity index (χ4n) is 4.84. The van der Waals surface area contributed by atoms with Crippen molar-refractivity contribution in [3.8, 4) is 11.3 Å². The largest absolute Gasteiger partial charge is 0.477 e. The average Bonchev–Trinajstić information content (AvgIpc) is 3.03. The number of rotatable bonds is 4. The van der Waals surface area contributed by atoms with Crippen molar-refractivity contribution in [1.82, 2.24) is 4.98 Å². The number of carbonyl (C=O) groups is 2. The minimum Gasteiger partial charge on any atom is -0.477 e. The van der Waals surface area contributed by atoms with Gasteiger partial charge in [-0.05, 0) is 54.0 Å². The van der Waals surface area contributed by atoms with Crippen molar-refractivity contribution in [2.45, 2.75) is 51.9 Å². The van der Waals surface area contributed by atoms with Gasteiger partial charge in [-0.25, -0.2) is 4.79 Å². The lowest BCUT2D eigenvalue weighted by atomic mass is 9.73. The number of carboxylic acids is 1. The first-order chi connectivity index (χ1) is 13.9. The van der Waals surface area contributed by atoms with Crippen LogP contribution in [-0.2, 0) is 11.2 Å². The number of aromatic amines is 1. The minimum atomic E-state index is -1.23. The van der Waals surface area contributed by atoms with Gasteiger partial charge in [-0.1, -0.05) is 38.3 Å². The summed E-state index contributed by atoms with van der Waals surface area (Å²) in [7, 11) is 0. The number of hydrogen-bond acceptors (Lipinski definition) is 3. The Morgan fingerprint density at radius 2 is 1.83 bits per heavy atom. The molecular weight excluding hydrogens is 368 g/mol. The third-order valence-electron chi connectivity index (χ3n) is 6.44. The summed E-state index contributed by atoms with van der Waals surface area (Å²) >= 11 is 0. The zero-order valence-corrected chi connectivity index (χ0v) is 16.7. The Balaban J connectivity index is 1.62. The van der Waals surface area contributed by atoms with Crippen LogP contribution in [0.25, 0.3) is 11.3 Å². The van der Waals surface area contributed by atoms with Gasteiger partial charge in [0.1, 0.15) is 5.56 Å². The van der Waals surface area contributed by atoms with E-state index in [0.717, 1.165) is 36.2 Å². The fraction of sp³-hybridized carbons (Fsp3) is 0.435. The number of hydrogen-bond donors (Lipinski definition) is 2. The minimum absolute atomic E-state index is 0.140. The van der Waals surface area contributed by atoms with Crippen molar-refractivity contribution < 1.29 is 14.7 Å². The SMILES string of the molecule is CCc1cc(C(=O)O)c(=O)[nH]c1-c1ccc(N2CC3(CCCCC3)CC2=O)cc1. The van der Waals surface area contributed by atoms with Crippen LogP contribution < -0.4 is 10.5 Å². The second-order valence-corrected chi connectivity index (χ2v) is 8.34. The molecule has 1 aliphatic carbocycles. The van der Waals surface area contributed by atoms with Gasteiger partial charge in [0, 0.05) is 18.7 Å². The van der Waals surface area contributed by atoms with E-state index in [9.17, 15) is 19.5 Å². The molecule has 2 heterocycles. The first-order valence-corrected chi connectivity index (χ1v) is 10.3. The Hall–Kier alpha value is -2.89. The summed E-state index contributed by atoms with van der Waals surface area (Å²) < 4.78 is 0. The summed E-state index contributed by atoms with van der Waals surface area (Å²) in [5.74, 6) is -1.04. The molecule has 1 spiro atoms. The molecule has 0 bridgehead atoms. The molecule has 6 nitrogen and oxygen atoms in total. The monoisotopic (exact) mass is 394 g/mol. The molecule has 4 rings (SSSR count). The number of anilines is 1. The molecule has 152 valence electrons. The molecule has 29 heavy (non-hydrogen) atoms. The van der Waals surface area contributed by atoms with E-state index < -0.39 is 11.5 Å². The predicted molar refractivity (Wildman–Crippen MR) is 111 cm³/mol. The van der Waals surface area contributed by atoms with Crippen molar-refractivity contribution in [2.75, 3.05) is 11.4 Å². The van der Waals surface area contributed by atoms with Gasteiger partial charge in [0.25, 0.3) is 5.56 Å². The molecule has 1 aromatic heterocycles. The van der Waals surface area contributed by atoms with Gasteiger partial charge in [-0.2, -0.15) is 0 Å². The fourth-order valence-corrected chi connectivity index (χ4v) is 4.84. The molecule has 2 fully saturated rings. The molecule has 1 saturated carbocycles. The van der Waals surface area contributed by atoms with Gasteiger partial charge in [0.05, 0.1) is 5.69 Å². The number of benzene rings is 1. The highest BCUT2D eigenvalue weighted by atomic mass is 16.4. The van der Waals surface area contributed by atoms with E-state index >= 15 is 0 Å². The summed E-state index contributed by atoms with van der Waals surface area (Å²) in [4.78, 5) is 40.6. The second-order valence-electron chi connectivity index (χ2n) is 8.34. The van der Waals surface area contributed by atoms with E-state index in [-0.39, 0.29) is 16.9 Å². The zero-order chi connectivity index (χ0) is 20.6. The maximum atomic E-state index is 12.7. The van der Waals surface area contributed by atoms with E-state index in [1.54, 1.807) is 0 Å². The van der Waals surface area contributed by atoms with Crippen LogP contribution in [0.5, 0.6) is 0 Å². The molecule has 1 saturated heterocycles. The number of pyridine rings is 1. The molecule has 1 aromatic carbocycles. The second kappa shape index (κ2) is 7.50. The Bertz CT molecular complexity index is 1000. The van der Waals surface area contributed by atoms with Gasteiger partial charge in [-0.15, -0.1) is 0 Å². The number of carbonyl (C=O) groups excluding carboxylic acids is 1. The van der Waals surface area contributed by atoms with Crippen molar-refractivity contribution in [3.63, 3.8) is 0 Å². The Morgan fingerprint density at radius 1 is 1.14 bits per heavy atom. The molecule has 2 aromatic rings. The van der Waals surface area contributed by atoms with Crippen LogP contribution in [0.4, 0.5) is 5.69 Å². The number of aryl methyl sites for hydroxylation is 1. The standard InChI is InChI=1S/C23H26N2O4/c1-2-15-12-18(22(28)29)21(27)24-20(15)16-6-8-17(9-7-16)25-14-23(13-19(25)26)10-4-3-5-11-23/h6-9,12H,2-5,10-11,13-14H2,1H3,(H,24,27)(H,28,29). The molecular formula is C23H26N2O4. The molecule has 0 radical (unpaired) electrons. The first-order valence-electron chi connectivity index (χ1n) is 10.3. The third-order valence-corrected chi connectivity index (χ3v) is 6.44. The van der Waals surface area contributed by atoms with Crippen molar-refractivity contribution in [1.29, 1.82) is 0 Å². The van der Waals surface area contributed by atoms with Crippen molar-refractivity contribution in [2.24, 2.45) is 5.41 Å². The van der Waals surface area contributed by atoms with Crippen LogP contribution in [0.15, 0.2) is 35.1 Å². The van der Waals surface area contributed by atoms with Gasteiger partial charge in [0.15, 0.2) is 0 Å². The number of nitrogens with zero attached hydrogens (tertiary/aromatic N) is 1. The molecule has 6 heteroatoms. The van der Waals surface area contributed by atoms with Crippen LogP contribution in [0.2, 0.25) is 0 Å². The topological polar surface area (TPSA) is 90.5 Å². The van der Waals surface area contributed by atoms with E-state index in [1.165, 1.54) is 25.3 Å². The van der Waals surface area contributed by atoms with E-state index in [2.05, 4.69) is 4.98 Å². The summed E-state index contributed by atoms with van der Waals surface area (Å²) in [5, 5.41) is 9.18. The molecule has 0 unspecified atom stereocenters. The Kier molecular flexibility index (Phi) is 5.03.